The van der Waals surface area contributed by atoms with Crippen LogP contribution in [0.4, 0.5) is 5.69 Å². The van der Waals surface area contributed by atoms with Crippen molar-refractivity contribution >= 4 is 11.6 Å². The van der Waals surface area contributed by atoms with Gasteiger partial charge in [0.25, 0.3) is 0 Å². The molecule has 106 valence electrons. The largest absolute Gasteiger partial charge is 0.398 e. The number of carbonyl (C=O) groups excluding carboxylic acids is 1. The minimum Gasteiger partial charge on any atom is -0.398 e. The summed E-state index contributed by atoms with van der Waals surface area (Å²) in [4.78, 5) is 13.2. The summed E-state index contributed by atoms with van der Waals surface area (Å²) in [7, 11) is 2.03. The molecule has 0 bridgehead atoms. The third-order valence-electron chi connectivity index (χ3n) is 3.07. The monoisotopic (exact) mass is 265 g/mol. The third-order valence-corrected chi connectivity index (χ3v) is 3.07. The van der Waals surface area contributed by atoms with Crippen molar-refractivity contribution in [1.82, 2.24) is 4.90 Å². The minimum atomic E-state index is -0.462. The maximum absolute atomic E-state index is 11.0. The number of unbranched alkanes of at least 4 members (excludes halogenated alkanes) is 2. The number of hydrogen-bond donors (Lipinski definition) is 3. The van der Waals surface area contributed by atoms with E-state index in [1.807, 2.05) is 13.1 Å². The van der Waals surface area contributed by atoms with E-state index in [1.54, 1.807) is 12.1 Å². The number of amides is 1. The van der Waals surface area contributed by atoms with Gasteiger partial charge in [-0.3, -0.25) is 4.79 Å². The van der Waals surface area contributed by atoms with E-state index in [1.165, 1.54) is 0 Å². The second-order valence-electron chi connectivity index (χ2n) is 4.80. The van der Waals surface area contributed by atoms with E-state index < -0.39 is 5.91 Å². The molecule has 5 nitrogen and oxygen atoms in total. The van der Waals surface area contributed by atoms with Crippen molar-refractivity contribution in [1.29, 1.82) is 0 Å². The first-order valence-corrected chi connectivity index (χ1v) is 6.52. The molecule has 0 aromatic heterocycles. The Balaban J connectivity index is 2.50. The number of rotatable bonds is 8. The number of nitrogen functional groups attached to an aromatic ring is 1. The molecule has 0 saturated carbocycles. The van der Waals surface area contributed by atoms with E-state index in [-0.39, 0.29) is 6.61 Å². The maximum atomic E-state index is 11.0. The standard InChI is InChI=1S/C14H23N3O2/c1-17(7-3-2-4-8-18)10-12-6-5-11(14(16)19)9-13(12)15/h5-6,9,18H,2-4,7-8,10,15H2,1H3,(H2,16,19). The number of carbonyl (C=O) groups is 1. The van der Waals surface area contributed by atoms with Gasteiger partial charge in [0.2, 0.25) is 5.91 Å². The maximum Gasteiger partial charge on any atom is 0.248 e. The van der Waals surface area contributed by atoms with Crippen molar-refractivity contribution in [3.05, 3.63) is 29.3 Å². The Morgan fingerprint density at radius 1 is 1.32 bits per heavy atom. The summed E-state index contributed by atoms with van der Waals surface area (Å²) in [5, 5.41) is 8.71. The van der Waals surface area contributed by atoms with E-state index in [0.29, 0.717) is 11.3 Å². The van der Waals surface area contributed by atoms with Crippen molar-refractivity contribution in [3.63, 3.8) is 0 Å². The smallest absolute Gasteiger partial charge is 0.248 e. The van der Waals surface area contributed by atoms with Crippen molar-refractivity contribution < 1.29 is 9.90 Å². The van der Waals surface area contributed by atoms with Crippen molar-refractivity contribution in [2.24, 2.45) is 5.73 Å². The van der Waals surface area contributed by atoms with Gasteiger partial charge in [-0.25, -0.2) is 0 Å². The number of aliphatic hydroxyl groups excluding tert-OH is 1. The summed E-state index contributed by atoms with van der Waals surface area (Å²) in [6.07, 6.45) is 2.93. The van der Waals surface area contributed by atoms with Crippen molar-refractivity contribution in [2.75, 3.05) is 25.9 Å². The molecule has 0 fully saturated rings. The molecule has 0 unspecified atom stereocenters. The number of primary amides is 1. The summed E-state index contributed by atoms with van der Waals surface area (Å²) in [5.41, 5.74) is 13.1. The van der Waals surface area contributed by atoms with Crippen molar-refractivity contribution in [3.8, 4) is 0 Å². The zero-order valence-corrected chi connectivity index (χ0v) is 11.4. The van der Waals surface area contributed by atoms with Gasteiger partial charge in [0, 0.05) is 24.4 Å². The summed E-state index contributed by atoms with van der Waals surface area (Å²) >= 11 is 0. The molecular weight excluding hydrogens is 242 g/mol. The van der Waals surface area contributed by atoms with Crippen LogP contribution in [0.1, 0.15) is 35.2 Å². The lowest BCUT2D eigenvalue weighted by molar-refractivity contribution is 0.100. The average molecular weight is 265 g/mol. The van der Waals surface area contributed by atoms with E-state index in [9.17, 15) is 4.79 Å². The van der Waals surface area contributed by atoms with E-state index >= 15 is 0 Å². The van der Waals surface area contributed by atoms with Gasteiger partial charge in [-0.15, -0.1) is 0 Å². The first kappa shape index (κ1) is 15.5. The van der Waals surface area contributed by atoms with E-state index in [2.05, 4.69) is 4.90 Å². The normalized spacial score (nSPS) is 10.9. The first-order chi connectivity index (χ1) is 9.04. The van der Waals surface area contributed by atoms with Crippen LogP contribution in [0.3, 0.4) is 0 Å². The van der Waals surface area contributed by atoms with Crippen LogP contribution in [-0.2, 0) is 6.54 Å². The molecule has 0 aliphatic heterocycles. The highest BCUT2D eigenvalue weighted by molar-refractivity contribution is 5.93. The second kappa shape index (κ2) is 7.76. The SMILES string of the molecule is CN(CCCCCO)Cc1ccc(C(N)=O)cc1N. The summed E-state index contributed by atoms with van der Waals surface area (Å²) in [6.45, 7) is 1.95. The van der Waals surface area contributed by atoms with Crippen LogP contribution in [0.25, 0.3) is 0 Å². The molecule has 0 saturated heterocycles. The van der Waals surface area contributed by atoms with Crippen LogP contribution in [0.15, 0.2) is 18.2 Å². The lowest BCUT2D eigenvalue weighted by atomic mass is 10.1. The highest BCUT2D eigenvalue weighted by Crippen LogP contribution is 2.16. The fourth-order valence-electron chi connectivity index (χ4n) is 1.93. The van der Waals surface area contributed by atoms with Gasteiger partial charge in [0.05, 0.1) is 0 Å². The number of nitrogens with zero attached hydrogens (tertiary/aromatic N) is 1. The van der Waals surface area contributed by atoms with Crippen LogP contribution in [0.5, 0.6) is 0 Å². The molecule has 1 aromatic carbocycles. The zero-order valence-electron chi connectivity index (χ0n) is 11.4. The Kier molecular flexibility index (Phi) is 6.32. The molecule has 0 aliphatic rings. The average Bonchev–Trinajstić information content (AvgIpc) is 2.37. The predicted molar refractivity (Wildman–Crippen MR) is 76.6 cm³/mol. The van der Waals surface area contributed by atoms with Gasteiger partial charge in [0.15, 0.2) is 0 Å². The molecule has 0 spiro atoms. The Bertz CT molecular complexity index is 421. The van der Waals surface area contributed by atoms with E-state index in [0.717, 1.165) is 37.9 Å². The van der Waals surface area contributed by atoms with Gasteiger partial charge >= 0.3 is 0 Å². The number of nitrogens with two attached hydrogens (primary N) is 2. The fraction of sp³-hybridized carbons (Fsp3) is 0.500. The van der Waals surface area contributed by atoms with Crippen LogP contribution in [0.2, 0.25) is 0 Å². The van der Waals surface area contributed by atoms with Gasteiger partial charge in [-0.2, -0.15) is 0 Å². The van der Waals surface area contributed by atoms with Gasteiger partial charge < -0.3 is 21.5 Å². The molecule has 0 heterocycles. The zero-order chi connectivity index (χ0) is 14.3. The van der Waals surface area contributed by atoms with Crippen molar-refractivity contribution in [2.45, 2.75) is 25.8 Å². The minimum absolute atomic E-state index is 0.255. The first-order valence-electron chi connectivity index (χ1n) is 6.52. The Labute approximate surface area is 114 Å². The highest BCUT2D eigenvalue weighted by Gasteiger charge is 2.07. The molecule has 0 aliphatic carbocycles. The van der Waals surface area contributed by atoms with Crippen LogP contribution in [0, 0.1) is 0 Å². The van der Waals surface area contributed by atoms with Gasteiger partial charge in [-0.05, 0) is 50.6 Å². The lowest BCUT2D eigenvalue weighted by Crippen LogP contribution is -2.20. The quantitative estimate of drug-likeness (QED) is 0.482. The molecule has 19 heavy (non-hydrogen) atoms. The molecular formula is C14H23N3O2. The Morgan fingerprint density at radius 2 is 2.05 bits per heavy atom. The van der Waals surface area contributed by atoms with Crippen LogP contribution < -0.4 is 11.5 Å². The number of aliphatic hydroxyl groups is 1. The Morgan fingerprint density at radius 3 is 2.63 bits per heavy atom. The van der Waals surface area contributed by atoms with Crippen LogP contribution >= 0.6 is 0 Å². The number of hydrogen-bond acceptors (Lipinski definition) is 4. The molecule has 0 radical (unpaired) electrons. The fourth-order valence-corrected chi connectivity index (χ4v) is 1.93. The van der Waals surface area contributed by atoms with Crippen LogP contribution in [-0.4, -0.2) is 36.1 Å². The van der Waals surface area contributed by atoms with Gasteiger partial charge in [0.1, 0.15) is 0 Å². The highest BCUT2D eigenvalue weighted by atomic mass is 16.2. The lowest BCUT2D eigenvalue weighted by Gasteiger charge is -2.18. The number of anilines is 1. The third kappa shape index (κ3) is 5.28. The Hall–Kier alpha value is -1.59. The summed E-state index contributed by atoms with van der Waals surface area (Å²) < 4.78 is 0. The second-order valence-corrected chi connectivity index (χ2v) is 4.80. The molecule has 0 atom stereocenters. The van der Waals surface area contributed by atoms with Gasteiger partial charge in [-0.1, -0.05) is 6.07 Å². The molecule has 1 rings (SSSR count). The summed E-state index contributed by atoms with van der Waals surface area (Å²) in [6, 6.07) is 5.17. The topological polar surface area (TPSA) is 92.6 Å². The molecule has 1 amide bonds. The molecule has 5 heteroatoms. The summed E-state index contributed by atoms with van der Waals surface area (Å²) in [5.74, 6) is -0.462. The predicted octanol–water partition coefficient (Wildman–Crippen LogP) is 0.962. The molecule has 5 N–H and O–H groups in total. The number of benzene rings is 1. The molecule has 1 aromatic rings. The van der Waals surface area contributed by atoms with E-state index in [4.69, 9.17) is 16.6 Å².